The standard InChI is InChI=1S/C10H20N2O3/c1-15-10(14)5-8-4-9(11)7-12(6-8)2-3-13/h8-9,13H,2-7,11H2,1H3. The van der Waals surface area contributed by atoms with E-state index in [0.29, 0.717) is 13.0 Å². The highest BCUT2D eigenvalue weighted by Gasteiger charge is 2.26. The number of nitrogens with two attached hydrogens (primary N) is 1. The van der Waals surface area contributed by atoms with Gasteiger partial charge in [-0.3, -0.25) is 9.69 Å². The molecule has 1 heterocycles. The lowest BCUT2D eigenvalue weighted by atomic mass is 9.92. The van der Waals surface area contributed by atoms with E-state index >= 15 is 0 Å². The van der Waals surface area contributed by atoms with Crippen molar-refractivity contribution in [2.45, 2.75) is 18.9 Å². The highest BCUT2D eigenvalue weighted by Crippen LogP contribution is 2.19. The molecule has 1 aliphatic rings. The van der Waals surface area contributed by atoms with E-state index in [0.717, 1.165) is 19.5 Å². The largest absolute Gasteiger partial charge is 0.469 e. The summed E-state index contributed by atoms with van der Waals surface area (Å²) in [7, 11) is 1.40. The molecule has 3 N–H and O–H groups in total. The molecule has 0 spiro atoms. The van der Waals surface area contributed by atoms with Crippen molar-refractivity contribution in [2.75, 3.05) is 33.4 Å². The van der Waals surface area contributed by atoms with Gasteiger partial charge in [0.05, 0.1) is 13.7 Å². The Morgan fingerprint density at radius 3 is 2.93 bits per heavy atom. The molecule has 0 aromatic rings. The van der Waals surface area contributed by atoms with Gasteiger partial charge < -0.3 is 15.6 Å². The summed E-state index contributed by atoms with van der Waals surface area (Å²) in [5.74, 6) is 0.0748. The molecule has 1 fully saturated rings. The molecule has 0 saturated carbocycles. The Bertz CT molecular complexity index is 211. The van der Waals surface area contributed by atoms with Crippen LogP contribution in [0.15, 0.2) is 0 Å². The van der Waals surface area contributed by atoms with E-state index in [1.165, 1.54) is 7.11 Å². The quantitative estimate of drug-likeness (QED) is 0.601. The van der Waals surface area contributed by atoms with Gasteiger partial charge in [-0.1, -0.05) is 0 Å². The molecule has 0 bridgehead atoms. The summed E-state index contributed by atoms with van der Waals surface area (Å²) in [6, 6.07) is 0.0972. The number of esters is 1. The monoisotopic (exact) mass is 216 g/mol. The minimum Gasteiger partial charge on any atom is -0.469 e. The summed E-state index contributed by atoms with van der Waals surface area (Å²) >= 11 is 0. The van der Waals surface area contributed by atoms with Crippen molar-refractivity contribution in [3.05, 3.63) is 0 Å². The maximum Gasteiger partial charge on any atom is 0.305 e. The van der Waals surface area contributed by atoms with Crippen molar-refractivity contribution in [2.24, 2.45) is 11.7 Å². The molecule has 0 amide bonds. The molecule has 2 atom stereocenters. The third-order valence-corrected chi connectivity index (χ3v) is 2.74. The number of β-amino-alcohol motifs (C(OH)–C–C–N with tert-alkyl or cyclic N) is 1. The smallest absolute Gasteiger partial charge is 0.305 e. The van der Waals surface area contributed by atoms with Crippen molar-refractivity contribution in [1.29, 1.82) is 0 Å². The van der Waals surface area contributed by atoms with Crippen LogP contribution in [0, 0.1) is 5.92 Å². The lowest BCUT2D eigenvalue weighted by Crippen LogP contribution is -2.48. The highest BCUT2D eigenvalue weighted by molar-refractivity contribution is 5.69. The normalized spacial score (nSPS) is 27.7. The van der Waals surface area contributed by atoms with Gasteiger partial charge in [-0.2, -0.15) is 0 Å². The molecule has 0 aromatic heterocycles. The third kappa shape index (κ3) is 4.15. The van der Waals surface area contributed by atoms with Gasteiger partial charge in [0.25, 0.3) is 0 Å². The summed E-state index contributed by atoms with van der Waals surface area (Å²) in [4.78, 5) is 13.2. The third-order valence-electron chi connectivity index (χ3n) is 2.74. The van der Waals surface area contributed by atoms with Crippen LogP contribution in [0.2, 0.25) is 0 Å². The molecular formula is C10H20N2O3. The fraction of sp³-hybridized carbons (Fsp3) is 0.900. The number of ether oxygens (including phenoxy) is 1. The van der Waals surface area contributed by atoms with Crippen molar-refractivity contribution < 1.29 is 14.6 Å². The molecular weight excluding hydrogens is 196 g/mol. The van der Waals surface area contributed by atoms with Crippen LogP contribution in [0.5, 0.6) is 0 Å². The van der Waals surface area contributed by atoms with Gasteiger partial charge in [0.1, 0.15) is 0 Å². The number of carbonyl (C=O) groups is 1. The highest BCUT2D eigenvalue weighted by atomic mass is 16.5. The van der Waals surface area contributed by atoms with Crippen LogP contribution in [0.4, 0.5) is 0 Å². The molecule has 5 nitrogen and oxygen atoms in total. The number of hydrogen-bond acceptors (Lipinski definition) is 5. The molecule has 1 rings (SSSR count). The molecule has 88 valence electrons. The van der Waals surface area contributed by atoms with E-state index in [1.54, 1.807) is 0 Å². The van der Waals surface area contributed by atoms with Gasteiger partial charge >= 0.3 is 5.97 Å². The Morgan fingerprint density at radius 2 is 2.33 bits per heavy atom. The van der Waals surface area contributed by atoms with Crippen LogP contribution >= 0.6 is 0 Å². The van der Waals surface area contributed by atoms with Crippen molar-refractivity contribution in [3.8, 4) is 0 Å². The zero-order valence-corrected chi connectivity index (χ0v) is 9.19. The molecule has 5 heteroatoms. The van der Waals surface area contributed by atoms with E-state index in [-0.39, 0.29) is 24.5 Å². The fourth-order valence-corrected chi connectivity index (χ4v) is 2.14. The van der Waals surface area contributed by atoms with Gasteiger partial charge in [-0.15, -0.1) is 0 Å². The minimum atomic E-state index is -0.182. The van der Waals surface area contributed by atoms with Crippen LogP contribution in [0.1, 0.15) is 12.8 Å². The number of aliphatic hydroxyl groups excluding tert-OH is 1. The van der Waals surface area contributed by atoms with Crippen molar-refractivity contribution in [1.82, 2.24) is 4.90 Å². The van der Waals surface area contributed by atoms with Crippen LogP contribution in [0.3, 0.4) is 0 Å². The second-order valence-corrected chi connectivity index (χ2v) is 4.13. The zero-order valence-electron chi connectivity index (χ0n) is 9.19. The second-order valence-electron chi connectivity index (χ2n) is 4.13. The van der Waals surface area contributed by atoms with Crippen LogP contribution in [-0.2, 0) is 9.53 Å². The Balaban J connectivity index is 2.40. The average Bonchev–Trinajstić information content (AvgIpc) is 2.17. The minimum absolute atomic E-state index is 0.0972. The molecule has 1 aliphatic heterocycles. The summed E-state index contributed by atoms with van der Waals surface area (Å²) in [5, 5.41) is 8.84. The van der Waals surface area contributed by atoms with Gasteiger partial charge in [0, 0.05) is 32.1 Å². The number of methoxy groups -OCH3 is 1. The zero-order chi connectivity index (χ0) is 11.3. The second kappa shape index (κ2) is 6.05. The number of hydrogen-bond donors (Lipinski definition) is 2. The Morgan fingerprint density at radius 1 is 1.60 bits per heavy atom. The molecule has 15 heavy (non-hydrogen) atoms. The van der Waals surface area contributed by atoms with Crippen LogP contribution in [0.25, 0.3) is 0 Å². The van der Waals surface area contributed by atoms with Crippen molar-refractivity contribution >= 4 is 5.97 Å². The maximum atomic E-state index is 11.1. The molecule has 0 aliphatic carbocycles. The van der Waals surface area contributed by atoms with E-state index < -0.39 is 0 Å². The predicted molar refractivity (Wildman–Crippen MR) is 56.2 cm³/mol. The number of aliphatic hydroxyl groups is 1. The SMILES string of the molecule is COC(=O)CC1CC(N)CN(CCO)C1. The van der Waals surface area contributed by atoms with Gasteiger partial charge in [0.2, 0.25) is 0 Å². The fourth-order valence-electron chi connectivity index (χ4n) is 2.14. The van der Waals surface area contributed by atoms with E-state index in [4.69, 9.17) is 10.8 Å². The van der Waals surface area contributed by atoms with Gasteiger partial charge in [0.15, 0.2) is 0 Å². The molecule has 0 aromatic carbocycles. The number of rotatable bonds is 4. The Labute approximate surface area is 90.2 Å². The van der Waals surface area contributed by atoms with Crippen LogP contribution < -0.4 is 5.73 Å². The maximum absolute atomic E-state index is 11.1. The van der Waals surface area contributed by atoms with Crippen molar-refractivity contribution in [3.63, 3.8) is 0 Å². The Hall–Kier alpha value is -0.650. The average molecular weight is 216 g/mol. The lowest BCUT2D eigenvalue weighted by Gasteiger charge is -2.35. The molecule has 2 unspecified atom stereocenters. The first kappa shape index (κ1) is 12.4. The van der Waals surface area contributed by atoms with E-state index in [2.05, 4.69) is 9.64 Å². The lowest BCUT2D eigenvalue weighted by molar-refractivity contribution is -0.142. The first-order valence-electron chi connectivity index (χ1n) is 5.31. The number of nitrogens with zero attached hydrogens (tertiary/aromatic N) is 1. The number of carbonyl (C=O) groups excluding carboxylic acids is 1. The number of likely N-dealkylation sites (tertiary alicyclic amines) is 1. The summed E-state index contributed by atoms with van der Waals surface area (Å²) in [6.07, 6.45) is 1.28. The number of piperidine rings is 1. The summed E-state index contributed by atoms with van der Waals surface area (Å²) in [5.41, 5.74) is 5.89. The van der Waals surface area contributed by atoms with Crippen LogP contribution in [-0.4, -0.2) is 55.4 Å². The topological polar surface area (TPSA) is 75.8 Å². The first-order valence-corrected chi connectivity index (χ1v) is 5.31. The van der Waals surface area contributed by atoms with E-state index in [1.807, 2.05) is 0 Å². The van der Waals surface area contributed by atoms with E-state index in [9.17, 15) is 4.79 Å². The predicted octanol–water partition coefficient (Wildman–Crippen LogP) is -0.809. The molecule has 1 saturated heterocycles. The summed E-state index contributed by atoms with van der Waals surface area (Å²) in [6.45, 7) is 2.39. The Kier molecular flexibility index (Phi) is 5.01. The first-order chi connectivity index (χ1) is 7.15. The molecule has 0 radical (unpaired) electrons. The van der Waals surface area contributed by atoms with Gasteiger partial charge in [-0.25, -0.2) is 0 Å². The summed E-state index contributed by atoms with van der Waals surface area (Å²) < 4.78 is 4.64. The van der Waals surface area contributed by atoms with Gasteiger partial charge in [-0.05, 0) is 12.3 Å².